The molecule has 11 rings (SSSR count). The van der Waals surface area contributed by atoms with Crippen LogP contribution in [0.3, 0.4) is 0 Å². The Bertz CT molecular complexity index is 3250. The first kappa shape index (κ1) is 51.9. The van der Waals surface area contributed by atoms with Gasteiger partial charge in [0.25, 0.3) is 6.71 Å². The second-order valence-corrected chi connectivity index (χ2v) is 30.0. The molecule has 3 heterocycles. The van der Waals surface area contributed by atoms with Gasteiger partial charge in [0.1, 0.15) is 11.6 Å². The van der Waals surface area contributed by atoms with Gasteiger partial charge in [-0.05, 0) is 172 Å². The number of anilines is 9. The summed E-state index contributed by atoms with van der Waals surface area (Å²) < 4.78 is 0. The van der Waals surface area contributed by atoms with Crippen molar-refractivity contribution in [3.63, 3.8) is 0 Å². The Balaban J connectivity index is 1.28. The third-order valence-corrected chi connectivity index (χ3v) is 17.9. The zero-order valence-electron chi connectivity index (χ0n) is 49.8. The van der Waals surface area contributed by atoms with Gasteiger partial charge in [-0.1, -0.05) is 199 Å². The van der Waals surface area contributed by atoms with E-state index in [2.05, 4.69) is 275 Å². The second-order valence-electron chi connectivity index (χ2n) is 30.0. The molecule has 0 spiro atoms. The van der Waals surface area contributed by atoms with E-state index < -0.39 is 0 Å². The molecule has 6 aromatic carbocycles. The van der Waals surface area contributed by atoms with Crippen LogP contribution in [0.25, 0.3) is 0 Å². The van der Waals surface area contributed by atoms with E-state index in [0.717, 1.165) is 64.1 Å². The van der Waals surface area contributed by atoms with E-state index in [-0.39, 0.29) is 50.0 Å². The number of benzene rings is 6. The van der Waals surface area contributed by atoms with E-state index in [0.29, 0.717) is 5.95 Å². The lowest BCUT2D eigenvalue weighted by Gasteiger charge is -2.44. The third-order valence-electron chi connectivity index (χ3n) is 17.9. The predicted molar refractivity (Wildman–Crippen MR) is 327 cm³/mol. The zero-order valence-corrected chi connectivity index (χ0v) is 49.8. The normalized spacial score (nSPS) is 17.7. The standard InChI is InChI=1S/C70H84BN5/c1-63(2,3)43-21-27-47(28-22-43)75-57-35-25-45(65(7,8)9)37-55(57)71-56-38-46(66(10,11)12)26-36-58(56)76(48-29-23-44(24-30-48)64(4,5)6)61-59(71)60(75)72-62(73-61)74(49-31-33-51-53(39-49)69(17,18)41-67(51,13)14)50-32-34-52-54(40-50)70(19,20)42-68(52,15)16/h21-40H,41-42H2,1-20H3. The molecule has 5 nitrogen and oxygen atoms in total. The average Bonchev–Trinajstić information content (AvgIpc) is 3.68. The quantitative estimate of drug-likeness (QED) is 0.161. The van der Waals surface area contributed by atoms with Gasteiger partial charge in [0.05, 0.1) is 0 Å². The van der Waals surface area contributed by atoms with Gasteiger partial charge >= 0.3 is 0 Å². The minimum atomic E-state index is -0.150. The van der Waals surface area contributed by atoms with Crippen LogP contribution < -0.4 is 31.1 Å². The van der Waals surface area contributed by atoms with Crippen molar-refractivity contribution in [2.24, 2.45) is 0 Å². The molecular formula is C70H84BN5. The molecule has 392 valence electrons. The fourth-order valence-electron chi connectivity index (χ4n) is 14.1. The van der Waals surface area contributed by atoms with Crippen LogP contribution in [0.5, 0.6) is 0 Å². The fourth-order valence-corrected chi connectivity index (χ4v) is 14.1. The highest BCUT2D eigenvalue weighted by Crippen LogP contribution is 2.54. The maximum absolute atomic E-state index is 6.11. The van der Waals surface area contributed by atoms with Gasteiger partial charge in [-0.15, -0.1) is 0 Å². The Labute approximate surface area is 457 Å². The topological polar surface area (TPSA) is 35.5 Å². The Morgan fingerprint density at radius 3 is 1.07 bits per heavy atom. The van der Waals surface area contributed by atoms with Gasteiger partial charge in [-0.25, -0.2) is 0 Å². The molecule has 76 heavy (non-hydrogen) atoms. The minimum absolute atomic E-state index is 0.0103. The largest absolute Gasteiger partial charge is 0.296 e. The van der Waals surface area contributed by atoms with E-state index in [9.17, 15) is 0 Å². The monoisotopic (exact) mass is 1010 g/mol. The van der Waals surface area contributed by atoms with Crippen molar-refractivity contribution in [2.75, 3.05) is 14.7 Å². The summed E-state index contributed by atoms with van der Waals surface area (Å²) >= 11 is 0. The Morgan fingerprint density at radius 1 is 0.395 bits per heavy atom. The van der Waals surface area contributed by atoms with Crippen molar-refractivity contribution < 1.29 is 0 Å². The highest BCUT2D eigenvalue weighted by atomic mass is 15.3. The number of hydrogen-bond donors (Lipinski definition) is 0. The molecule has 0 N–H and O–H groups in total. The molecule has 0 unspecified atom stereocenters. The molecule has 0 bridgehead atoms. The van der Waals surface area contributed by atoms with Crippen LogP contribution in [0.4, 0.5) is 51.7 Å². The number of nitrogens with zero attached hydrogens (tertiary/aromatic N) is 5. The van der Waals surface area contributed by atoms with Gasteiger partial charge in [0.15, 0.2) is 0 Å². The Kier molecular flexibility index (Phi) is 11.4. The van der Waals surface area contributed by atoms with Crippen LogP contribution in [-0.4, -0.2) is 16.7 Å². The molecule has 7 aromatic rings. The molecule has 0 saturated heterocycles. The molecule has 0 fully saturated rings. The number of aromatic nitrogens is 2. The third kappa shape index (κ3) is 8.42. The van der Waals surface area contributed by atoms with E-state index >= 15 is 0 Å². The lowest BCUT2D eigenvalue weighted by atomic mass is 9.33. The van der Waals surface area contributed by atoms with E-state index in [4.69, 9.17) is 9.97 Å². The van der Waals surface area contributed by atoms with Crippen molar-refractivity contribution in [2.45, 2.75) is 195 Å². The Morgan fingerprint density at radius 2 is 0.724 bits per heavy atom. The molecular weight excluding hydrogens is 922 g/mol. The summed E-state index contributed by atoms with van der Waals surface area (Å²) in [7, 11) is 0. The second kappa shape index (κ2) is 16.7. The first-order valence-corrected chi connectivity index (χ1v) is 28.3. The van der Waals surface area contributed by atoms with Crippen molar-refractivity contribution in [3.05, 3.63) is 166 Å². The molecule has 0 atom stereocenters. The summed E-state index contributed by atoms with van der Waals surface area (Å²) in [5.41, 5.74) is 21.0. The van der Waals surface area contributed by atoms with Gasteiger partial charge in [-0.3, -0.25) is 14.7 Å². The molecule has 0 amide bonds. The van der Waals surface area contributed by atoms with Crippen molar-refractivity contribution in [1.82, 2.24) is 9.97 Å². The summed E-state index contributed by atoms with van der Waals surface area (Å²) in [5.74, 6) is 2.46. The zero-order chi connectivity index (χ0) is 54.8. The molecule has 0 saturated carbocycles. The summed E-state index contributed by atoms with van der Waals surface area (Å²) in [6.45, 7) is 47.0. The molecule has 2 aliphatic heterocycles. The van der Waals surface area contributed by atoms with E-state index in [1.165, 1.54) is 55.4 Å². The predicted octanol–water partition coefficient (Wildman–Crippen LogP) is 17.1. The molecule has 1 aromatic heterocycles. The van der Waals surface area contributed by atoms with Crippen LogP contribution in [0.1, 0.15) is 196 Å². The first-order chi connectivity index (χ1) is 35.2. The highest BCUT2D eigenvalue weighted by molar-refractivity contribution is 7.00. The first-order valence-electron chi connectivity index (χ1n) is 28.3. The lowest BCUT2D eigenvalue weighted by Crippen LogP contribution is -2.62. The maximum atomic E-state index is 6.11. The maximum Gasteiger partial charge on any atom is 0.256 e. The summed E-state index contributed by atoms with van der Waals surface area (Å²) in [4.78, 5) is 19.5. The summed E-state index contributed by atoms with van der Waals surface area (Å²) in [6, 6.07) is 47.5. The van der Waals surface area contributed by atoms with Crippen LogP contribution in [0, 0.1) is 0 Å². The van der Waals surface area contributed by atoms with Crippen LogP contribution in [0.15, 0.2) is 121 Å². The molecule has 6 heteroatoms. The number of rotatable bonds is 5. The number of fused-ring (bicyclic) bond motifs is 6. The lowest BCUT2D eigenvalue weighted by molar-refractivity contribution is 0.403. The van der Waals surface area contributed by atoms with E-state index in [1.54, 1.807) is 0 Å². The smallest absolute Gasteiger partial charge is 0.256 e. The van der Waals surface area contributed by atoms with Gasteiger partial charge < -0.3 is 0 Å². The summed E-state index contributed by atoms with van der Waals surface area (Å²) in [6.07, 6.45) is 2.17. The Hall–Kier alpha value is -6.14. The van der Waals surface area contributed by atoms with Gasteiger partial charge in [0, 0.05) is 39.6 Å². The molecule has 0 radical (unpaired) electrons. The van der Waals surface area contributed by atoms with Crippen LogP contribution in [0.2, 0.25) is 0 Å². The summed E-state index contributed by atoms with van der Waals surface area (Å²) in [5, 5.41) is 0. The SMILES string of the molecule is CC(C)(C)c1ccc(N2c3ccc(C(C)(C)C)cc3B3c4cc(C(C)(C)C)ccc4N(c4ccc(C(C)(C)C)cc4)c4nc(N(c5ccc6c(c5)C(C)(C)CC6(C)C)c5ccc6c(c5)C(C)(C)CC6(C)C)nc2c43)cc1. The van der Waals surface area contributed by atoms with Crippen LogP contribution in [-0.2, 0) is 43.3 Å². The van der Waals surface area contributed by atoms with Gasteiger partial charge in [-0.2, -0.15) is 9.97 Å². The van der Waals surface area contributed by atoms with E-state index in [1.807, 2.05) is 0 Å². The highest BCUT2D eigenvalue weighted by Gasteiger charge is 2.48. The van der Waals surface area contributed by atoms with Crippen molar-refractivity contribution in [1.29, 1.82) is 0 Å². The van der Waals surface area contributed by atoms with Crippen molar-refractivity contribution in [3.8, 4) is 0 Å². The van der Waals surface area contributed by atoms with Crippen LogP contribution >= 0.6 is 0 Å². The minimum Gasteiger partial charge on any atom is -0.296 e. The molecule has 2 aliphatic carbocycles. The van der Waals surface area contributed by atoms with Crippen molar-refractivity contribution >= 4 is 74.8 Å². The fraction of sp³-hybridized carbons (Fsp3) is 0.429. The average molecular weight is 1010 g/mol. The van der Waals surface area contributed by atoms with Gasteiger partial charge in [0.2, 0.25) is 5.95 Å². The molecule has 4 aliphatic rings. The number of hydrogen-bond acceptors (Lipinski definition) is 5.